The van der Waals surface area contributed by atoms with Crippen LogP contribution in [0.5, 0.6) is 0 Å². The van der Waals surface area contributed by atoms with E-state index in [0.717, 1.165) is 37.3 Å². The number of anilines is 2. The second-order valence-electron chi connectivity index (χ2n) is 12.4. The fourth-order valence-electron chi connectivity index (χ4n) is 6.56. The van der Waals surface area contributed by atoms with E-state index in [-0.39, 0.29) is 37.7 Å². The highest BCUT2D eigenvalue weighted by molar-refractivity contribution is 5.98. The lowest BCUT2D eigenvalue weighted by molar-refractivity contribution is -0.276. The molecule has 1 aromatic heterocycles. The summed E-state index contributed by atoms with van der Waals surface area (Å²) in [4.78, 5) is 38.6. The van der Waals surface area contributed by atoms with Gasteiger partial charge >= 0.3 is 12.1 Å². The van der Waals surface area contributed by atoms with E-state index in [1.807, 2.05) is 24.3 Å². The van der Waals surface area contributed by atoms with Crippen molar-refractivity contribution in [3.8, 4) is 0 Å². The Kier molecular flexibility index (Phi) is 10.2. The third kappa shape index (κ3) is 7.62. The van der Waals surface area contributed by atoms with Crippen LogP contribution in [0.1, 0.15) is 48.8 Å². The Labute approximate surface area is 276 Å². The van der Waals surface area contributed by atoms with Gasteiger partial charge in [0, 0.05) is 68.8 Å². The summed E-state index contributed by atoms with van der Waals surface area (Å²) < 4.78 is 52.3. The molecule has 3 fully saturated rings. The molecule has 6 rings (SSSR count). The number of carbonyl (C=O) groups is 2. The Bertz CT molecular complexity index is 1540. The molecular weight excluding hydrogens is 629 g/mol. The summed E-state index contributed by atoms with van der Waals surface area (Å²) in [6.45, 7) is 5.80. The predicted molar refractivity (Wildman–Crippen MR) is 170 cm³/mol. The van der Waals surface area contributed by atoms with Crippen LogP contribution >= 0.6 is 0 Å². The average Bonchev–Trinajstić information content (AvgIpc) is 3.60. The van der Waals surface area contributed by atoms with Gasteiger partial charge in [0.1, 0.15) is 6.04 Å². The van der Waals surface area contributed by atoms with Crippen LogP contribution in [-0.4, -0.2) is 94.3 Å². The maximum atomic E-state index is 13.1. The number of aromatic nitrogens is 2. The summed E-state index contributed by atoms with van der Waals surface area (Å²) in [5, 5.41) is 12.2. The molecule has 3 saturated heterocycles. The van der Waals surface area contributed by atoms with Gasteiger partial charge in [-0.3, -0.25) is 14.5 Å². The highest BCUT2D eigenvalue weighted by Crippen LogP contribution is 2.42. The maximum Gasteiger partial charge on any atom is 0.471 e. The Morgan fingerprint density at radius 1 is 0.938 bits per heavy atom. The van der Waals surface area contributed by atoms with Gasteiger partial charge in [-0.15, -0.1) is 0 Å². The van der Waals surface area contributed by atoms with Crippen LogP contribution in [-0.2, 0) is 25.7 Å². The molecule has 256 valence electrons. The number of halogens is 3. The number of piperazine rings is 1. The molecule has 0 radical (unpaired) electrons. The topological polar surface area (TPSA) is 120 Å². The van der Waals surface area contributed by atoms with Crippen LogP contribution < -0.4 is 10.2 Å². The molecule has 2 N–H and O–H groups in total. The van der Waals surface area contributed by atoms with Gasteiger partial charge in [-0.1, -0.05) is 43.3 Å². The molecule has 2 aromatic carbocycles. The zero-order valence-corrected chi connectivity index (χ0v) is 26.6. The lowest BCUT2D eigenvalue weighted by atomic mass is 9.90. The third-order valence-electron chi connectivity index (χ3n) is 9.28. The molecule has 11 nitrogen and oxygen atoms in total. The number of rotatable bonds is 8. The fourth-order valence-corrected chi connectivity index (χ4v) is 6.56. The van der Waals surface area contributed by atoms with Crippen molar-refractivity contribution in [2.75, 3.05) is 49.5 Å². The SMILES string of the molecule is C[C@@H]1[C@H](CN2CCN(c3ncccn3)CC2)O[C@H](c2ccc(NC(=O)[C@@H]3CCCN3C(=O)C(F)(F)F)cc2)O[C@@H]1c1ccc(CO)cc1. The zero-order valence-electron chi connectivity index (χ0n) is 26.6. The monoisotopic (exact) mass is 668 g/mol. The summed E-state index contributed by atoms with van der Waals surface area (Å²) >= 11 is 0. The molecule has 3 aliphatic heterocycles. The third-order valence-corrected chi connectivity index (χ3v) is 9.28. The van der Waals surface area contributed by atoms with Crippen molar-refractivity contribution >= 4 is 23.5 Å². The van der Waals surface area contributed by atoms with E-state index in [9.17, 15) is 27.9 Å². The van der Waals surface area contributed by atoms with E-state index < -0.39 is 30.3 Å². The Morgan fingerprint density at radius 2 is 1.60 bits per heavy atom. The molecule has 4 heterocycles. The van der Waals surface area contributed by atoms with Gasteiger partial charge in [0.05, 0.1) is 18.8 Å². The number of hydrogen-bond donors (Lipinski definition) is 2. The summed E-state index contributed by atoms with van der Waals surface area (Å²) in [5.74, 6) is -1.96. The van der Waals surface area contributed by atoms with E-state index in [2.05, 4.69) is 32.0 Å². The predicted octanol–water partition coefficient (Wildman–Crippen LogP) is 4.07. The van der Waals surface area contributed by atoms with E-state index in [1.54, 1.807) is 42.7 Å². The van der Waals surface area contributed by atoms with E-state index in [0.29, 0.717) is 35.1 Å². The average molecular weight is 669 g/mol. The molecule has 0 unspecified atom stereocenters. The van der Waals surface area contributed by atoms with Crippen molar-refractivity contribution in [3.63, 3.8) is 0 Å². The minimum Gasteiger partial charge on any atom is -0.392 e. The van der Waals surface area contributed by atoms with Gasteiger partial charge < -0.3 is 29.7 Å². The summed E-state index contributed by atoms with van der Waals surface area (Å²) in [7, 11) is 0. The molecule has 14 heteroatoms. The number of carbonyl (C=O) groups excluding carboxylic acids is 2. The van der Waals surface area contributed by atoms with Gasteiger partial charge in [-0.2, -0.15) is 13.2 Å². The van der Waals surface area contributed by atoms with Crippen molar-refractivity contribution in [1.82, 2.24) is 19.8 Å². The van der Waals surface area contributed by atoms with Crippen LogP contribution in [0.15, 0.2) is 67.0 Å². The smallest absolute Gasteiger partial charge is 0.392 e. The van der Waals surface area contributed by atoms with Gasteiger partial charge in [0.2, 0.25) is 11.9 Å². The molecule has 2 amide bonds. The standard InChI is InChI=1S/C34H39F3N6O5/c1-22-28(20-41-16-18-42(19-17-41)33-38-13-3-14-39-33)47-31(48-29(22)24-7-5-23(21-44)6-8-24)25-9-11-26(12-10-25)40-30(45)27-4-2-15-43(27)32(46)34(35,36)37/h3,5-14,22,27-29,31,44H,2,4,15-21H2,1H3,(H,40,45)/t22-,27+,28+,29+,31+/m1/s1. The minimum absolute atomic E-state index is 0.0101. The number of alkyl halides is 3. The number of hydrogen-bond acceptors (Lipinski definition) is 9. The second kappa shape index (κ2) is 14.6. The lowest BCUT2D eigenvalue weighted by Gasteiger charge is -2.44. The van der Waals surface area contributed by atoms with Gasteiger partial charge in [-0.05, 0) is 42.2 Å². The number of benzene rings is 2. The van der Waals surface area contributed by atoms with Crippen LogP contribution in [0.3, 0.4) is 0 Å². The Hall–Kier alpha value is -4.11. The van der Waals surface area contributed by atoms with E-state index in [4.69, 9.17) is 9.47 Å². The maximum absolute atomic E-state index is 13.1. The molecule has 0 spiro atoms. The first-order valence-corrected chi connectivity index (χ1v) is 16.1. The molecule has 0 saturated carbocycles. The summed E-state index contributed by atoms with van der Waals surface area (Å²) in [6.07, 6.45) is -2.31. The molecule has 5 atom stereocenters. The van der Waals surface area contributed by atoms with Crippen molar-refractivity contribution < 1.29 is 37.3 Å². The molecule has 3 aliphatic rings. The number of aliphatic hydroxyl groups is 1. The van der Waals surface area contributed by atoms with Gasteiger partial charge in [-0.25, -0.2) is 9.97 Å². The highest BCUT2D eigenvalue weighted by atomic mass is 19.4. The molecular formula is C34H39F3N6O5. The highest BCUT2D eigenvalue weighted by Gasteiger charge is 2.47. The van der Waals surface area contributed by atoms with Crippen LogP contribution in [0, 0.1) is 5.92 Å². The second-order valence-corrected chi connectivity index (χ2v) is 12.4. The van der Waals surface area contributed by atoms with Crippen LogP contribution in [0.25, 0.3) is 0 Å². The largest absolute Gasteiger partial charge is 0.471 e. The number of ether oxygens (including phenoxy) is 2. The number of nitrogens with zero attached hydrogens (tertiary/aromatic N) is 5. The Balaban J connectivity index is 1.15. The summed E-state index contributed by atoms with van der Waals surface area (Å²) in [6, 6.07) is 15.1. The first-order valence-electron chi connectivity index (χ1n) is 16.1. The Morgan fingerprint density at radius 3 is 2.25 bits per heavy atom. The van der Waals surface area contributed by atoms with E-state index in [1.165, 1.54) is 0 Å². The van der Waals surface area contributed by atoms with E-state index >= 15 is 0 Å². The van der Waals surface area contributed by atoms with Crippen LogP contribution in [0.2, 0.25) is 0 Å². The molecule has 0 aliphatic carbocycles. The quantitative estimate of drug-likeness (QED) is 0.366. The minimum atomic E-state index is -5.04. The van der Waals surface area contributed by atoms with Crippen molar-refractivity contribution in [1.29, 1.82) is 0 Å². The van der Waals surface area contributed by atoms with Crippen molar-refractivity contribution in [2.24, 2.45) is 5.92 Å². The van der Waals surface area contributed by atoms with Gasteiger partial charge in [0.15, 0.2) is 6.29 Å². The molecule has 0 bridgehead atoms. The molecule has 3 aromatic rings. The van der Waals surface area contributed by atoms with Crippen LogP contribution in [0.4, 0.5) is 24.8 Å². The van der Waals surface area contributed by atoms with Crippen molar-refractivity contribution in [3.05, 3.63) is 83.7 Å². The van der Waals surface area contributed by atoms with Crippen molar-refractivity contribution in [2.45, 2.75) is 57.1 Å². The first kappa shape index (κ1) is 33.8. The molecule has 48 heavy (non-hydrogen) atoms. The first-order chi connectivity index (χ1) is 23.1. The fraction of sp³-hybridized carbons (Fsp3) is 0.471. The number of aliphatic hydroxyl groups excluding tert-OH is 1. The summed E-state index contributed by atoms with van der Waals surface area (Å²) in [5.41, 5.74) is 2.85. The van der Waals surface area contributed by atoms with Gasteiger partial charge in [0.25, 0.3) is 0 Å². The number of likely N-dealkylation sites (tertiary alicyclic amines) is 1. The lowest BCUT2D eigenvalue weighted by Crippen LogP contribution is -2.51. The zero-order chi connectivity index (χ0) is 33.8. The number of nitrogens with one attached hydrogen (secondary N) is 1. The normalized spacial score (nSPS) is 25.2. The number of amides is 2.